The minimum Gasteiger partial charge on any atom is -0.497 e. The van der Waals surface area contributed by atoms with Crippen molar-refractivity contribution in [3.63, 3.8) is 0 Å². The van der Waals surface area contributed by atoms with Gasteiger partial charge in [0.15, 0.2) is 0 Å². The second-order valence-corrected chi connectivity index (χ2v) is 4.03. The molecule has 1 aliphatic carbocycles. The van der Waals surface area contributed by atoms with Crippen molar-refractivity contribution in [3.05, 3.63) is 42.0 Å². The molecule has 90 valence electrons. The summed E-state index contributed by atoms with van der Waals surface area (Å²) in [7, 11) is 1.60. The minimum absolute atomic E-state index is 0.0710. The monoisotopic (exact) mass is 232 g/mol. The fourth-order valence-corrected chi connectivity index (χ4v) is 1.81. The Bertz CT molecular complexity index is 406. The van der Waals surface area contributed by atoms with Crippen LogP contribution in [0, 0.1) is 0 Å². The van der Waals surface area contributed by atoms with E-state index in [1.165, 1.54) is 0 Å². The van der Waals surface area contributed by atoms with Crippen LogP contribution in [-0.4, -0.2) is 19.2 Å². The number of hydrogen-bond donors (Lipinski definition) is 0. The SMILES string of the molecule is COc1ccc(C(=O)OC2C=CCCC2)cc1. The van der Waals surface area contributed by atoms with Crippen LogP contribution in [0.5, 0.6) is 5.75 Å². The van der Waals surface area contributed by atoms with Gasteiger partial charge in [-0.25, -0.2) is 4.79 Å². The average Bonchev–Trinajstić information content (AvgIpc) is 2.40. The third-order valence-corrected chi connectivity index (χ3v) is 2.79. The summed E-state index contributed by atoms with van der Waals surface area (Å²) in [4.78, 5) is 11.8. The highest BCUT2D eigenvalue weighted by atomic mass is 16.5. The van der Waals surface area contributed by atoms with E-state index in [0.29, 0.717) is 5.56 Å². The highest BCUT2D eigenvalue weighted by Crippen LogP contribution is 2.17. The van der Waals surface area contributed by atoms with Gasteiger partial charge in [-0.2, -0.15) is 0 Å². The molecule has 0 fully saturated rings. The predicted molar refractivity (Wildman–Crippen MR) is 65.2 cm³/mol. The molecule has 0 amide bonds. The summed E-state index contributed by atoms with van der Waals surface area (Å²) in [5.41, 5.74) is 0.560. The lowest BCUT2D eigenvalue weighted by Crippen LogP contribution is -2.17. The van der Waals surface area contributed by atoms with Crippen LogP contribution in [0.25, 0.3) is 0 Å². The number of benzene rings is 1. The number of ether oxygens (including phenoxy) is 2. The fraction of sp³-hybridized carbons (Fsp3) is 0.357. The lowest BCUT2D eigenvalue weighted by atomic mass is 10.1. The normalized spacial score (nSPS) is 18.8. The van der Waals surface area contributed by atoms with Gasteiger partial charge in [0.25, 0.3) is 0 Å². The number of rotatable bonds is 3. The van der Waals surface area contributed by atoms with Crippen molar-refractivity contribution in [1.82, 2.24) is 0 Å². The zero-order valence-electron chi connectivity index (χ0n) is 9.89. The molecule has 0 bridgehead atoms. The van der Waals surface area contributed by atoms with Crippen LogP contribution in [0.15, 0.2) is 36.4 Å². The molecule has 0 saturated carbocycles. The molecule has 0 spiro atoms. The zero-order chi connectivity index (χ0) is 12.1. The molecule has 0 N–H and O–H groups in total. The molecule has 2 rings (SSSR count). The second kappa shape index (κ2) is 5.53. The molecule has 1 atom stereocenters. The van der Waals surface area contributed by atoms with Gasteiger partial charge >= 0.3 is 5.97 Å². The van der Waals surface area contributed by atoms with Crippen LogP contribution in [0.2, 0.25) is 0 Å². The van der Waals surface area contributed by atoms with Crippen molar-refractivity contribution < 1.29 is 14.3 Å². The molecule has 1 aromatic rings. The summed E-state index contributed by atoms with van der Waals surface area (Å²) in [6.07, 6.45) is 7.03. The molecule has 0 radical (unpaired) electrons. The van der Waals surface area contributed by atoms with Crippen LogP contribution in [0.1, 0.15) is 29.6 Å². The number of esters is 1. The molecule has 0 heterocycles. The Morgan fingerprint density at radius 2 is 2.06 bits per heavy atom. The quantitative estimate of drug-likeness (QED) is 0.593. The number of methoxy groups -OCH3 is 1. The lowest BCUT2D eigenvalue weighted by molar-refractivity contribution is 0.0370. The van der Waals surface area contributed by atoms with E-state index in [0.717, 1.165) is 25.0 Å². The van der Waals surface area contributed by atoms with E-state index in [1.807, 2.05) is 6.08 Å². The largest absolute Gasteiger partial charge is 0.497 e. The molecule has 17 heavy (non-hydrogen) atoms. The van der Waals surface area contributed by atoms with Crippen LogP contribution >= 0.6 is 0 Å². The highest BCUT2D eigenvalue weighted by Gasteiger charge is 2.15. The van der Waals surface area contributed by atoms with Gasteiger partial charge in [0.1, 0.15) is 11.9 Å². The maximum atomic E-state index is 11.8. The number of hydrogen-bond acceptors (Lipinski definition) is 3. The Hall–Kier alpha value is -1.77. The average molecular weight is 232 g/mol. The molecular weight excluding hydrogens is 216 g/mol. The third kappa shape index (κ3) is 3.09. The maximum Gasteiger partial charge on any atom is 0.338 e. The minimum atomic E-state index is -0.274. The summed E-state index contributed by atoms with van der Waals surface area (Å²) < 4.78 is 10.4. The van der Waals surface area contributed by atoms with Crippen LogP contribution < -0.4 is 4.74 Å². The van der Waals surface area contributed by atoms with Gasteiger partial charge in [-0.3, -0.25) is 0 Å². The van der Waals surface area contributed by atoms with Gasteiger partial charge in [0, 0.05) is 0 Å². The van der Waals surface area contributed by atoms with E-state index in [1.54, 1.807) is 31.4 Å². The Morgan fingerprint density at radius 3 is 2.65 bits per heavy atom. The Morgan fingerprint density at radius 1 is 1.29 bits per heavy atom. The van der Waals surface area contributed by atoms with Gasteiger partial charge in [-0.1, -0.05) is 6.08 Å². The van der Waals surface area contributed by atoms with Crippen LogP contribution in [-0.2, 0) is 4.74 Å². The number of carbonyl (C=O) groups excluding carboxylic acids is 1. The first-order valence-electron chi connectivity index (χ1n) is 5.81. The molecule has 1 aliphatic rings. The number of allylic oxidation sites excluding steroid dienone is 1. The van der Waals surface area contributed by atoms with Gasteiger partial charge in [0.2, 0.25) is 0 Å². The number of carbonyl (C=O) groups is 1. The Balaban J connectivity index is 1.98. The lowest BCUT2D eigenvalue weighted by Gasteiger charge is -2.17. The summed E-state index contributed by atoms with van der Waals surface area (Å²) in [6.45, 7) is 0. The second-order valence-electron chi connectivity index (χ2n) is 4.03. The molecule has 0 aliphatic heterocycles. The van der Waals surface area contributed by atoms with E-state index in [2.05, 4.69) is 6.08 Å². The molecule has 0 aromatic heterocycles. The molecule has 3 nitrogen and oxygen atoms in total. The van der Waals surface area contributed by atoms with Crippen molar-refractivity contribution in [3.8, 4) is 5.75 Å². The zero-order valence-corrected chi connectivity index (χ0v) is 9.89. The van der Waals surface area contributed by atoms with E-state index in [9.17, 15) is 4.79 Å². The first-order chi connectivity index (χ1) is 8.29. The first kappa shape index (κ1) is 11.7. The molecule has 3 heteroatoms. The van der Waals surface area contributed by atoms with Gasteiger partial charge in [0.05, 0.1) is 12.7 Å². The van der Waals surface area contributed by atoms with Crippen molar-refractivity contribution in [2.75, 3.05) is 7.11 Å². The highest BCUT2D eigenvalue weighted by molar-refractivity contribution is 5.89. The molecule has 1 aromatic carbocycles. The summed E-state index contributed by atoms with van der Waals surface area (Å²) in [6, 6.07) is 6.95. The smallest absolute Gasteiger partial charge is 0.338 e. The van der Waals surface area contributed by atoms with Crippen molar-refractivity contribution in [1.29, 1.82) is 0 Å². The first-order valence-corrected chi connectivity index (χ1v) is 5.81. The van der Waals surface area contributed by atoms with Crippen molar-refractivity contribution >= 4 is 5.97 Å². The van der Waals surface area contributed by atoms with E-state index in [4.69, 9.17) is 9.47 Å². The topological polar surface area (TPSA) is 35.5 Å². The predicted octanol–water partition coefficient (Wildman–Crippen LogP) is 2.96. The fourth-order valence-electron chi connectivity index (χ4n) is 1.81. The van der Waals surface area contributed by atoms with Gasteiger partial charge in [-0.05, 0) is 49.6 Å². The molecule has 0 saturated heterocycles. The van der Waals surface area contributed by atoms with Crippen molar-refractivity contribution in [2.45, 2.75) is 25.4 Å². The summed E-state index contributed by atoms with van der Waals surface area (Å²) >= 11 is 0. The van der Waals surface area contributed by atoms with E-state index in [-0.39, 0.29) is 12.1 Å². The Labute approximate surface area is 101 Å². The molecule has 1 unspecified atom stereocenters. The van der Waals surface area contributed by atoms with Crippen molar-refractivity contribution in [2.24, 2.45) is 0 Å². The maximum absolute atomic E-state index is 11.8. The van der Waals surface area contributed by atoms with Gasteiger partial charge in [-0.15, -0.1) is 0 Å². The third-order valence-electron chi connectivity index (χ3n) is 2.79. The van der Waals surface area contributed by atoms with E-state index >= 15 is 0 Å². The molecular formula is C14H16O3. The van der Waals surface area contributed by atoms with Crippen LogP contribution in [0.3, 0.4) is 0 Å². The Kier molecular flexibility index (Phi) is 3.81. The summed E-state index contributed by atoms with van der Waals surface area (Å²) in [5.74, 6) is 0.461. The van der Waals surface area contributed by atoms with Gasteiger partial charge < -0.3 is 9.47 Å². The summed E-state index contributed by atoms with van der Waals surface area (Å²) in [5, 5.41) is 0. The standard InChI is InChI=1S/C14H16O3/c1-16-12-9-7-11(8-10-12)14(15)17-13-5-3-2-4-6-13/h3,5,7-10,13H,2,4,6H2,1H3. The van der Waals surface area contributed by atoms with Crippen LogP contribution in [0.4, 0.5) is 0 Å². The van der Waals surface area contributed by atoms with E-state index < -0.39 is 0 Å².